The van der Waals surface area contributed by atoms with Crippen LogP contribution in [0.1, 0.15) is 24.8 Å². The minimum Gasteiger partial charge on any atom is -0.497 e. The Balaban J connectivity index is 1.50. The van der Waals surface area contributed by atoms with Gasteiger partial charge in [-0.05, 0) is 43.5 Å². The van der Waals surface area contributed by atoms with Gasteiger partial charge in [0.1, 0.15) is 5.75 Å². The summed E-state index contributed by atoms with van der Waals surface area (Å²) in [7, 11) is 1.69. The molecule has 1 spiro atoms. The number of hydrogen-bond acceptors (Lipinski definition) is 4. The van der Waals surface area contributed by atoms with Crippen LogP contribution in [0.5, 0.6) is 5.75 Å². The molecule has 0 amide bonds. The van der Waals surface area contributed by atoms with Gasteiger partial charge in [0.05, 0.1) is 31.2 Å². The first-order valence-corrected chi connectivity index (χ1v) is 8.31. The molecule has 1 aliphatic carbocycles. The molecule has 1 saturated heterocycles. The molecule has 5 nitrogen and oxygen atoms in total. The summed E-state index contributed by atoms with van der Waals surface area (Å²) < 4.78 is 11.2. The van der Waals surface area contributed by atoms with E-state index in [0.717, 1.165) is 43.2 Å². The molecule has 1 aliphatic heterocycles. The monoisotopic (exact) mass is 313 g/mol. The summed E-state index contributed by atoms with van der Waals surface area (Å²) in [6, 6.07) is 8.11. The van der Waals surface area contributed by atoms with E-state index >= 15 is 0 Å². The standard InChI is InChI=1S/C18H23N3O2/c1-22-16-5-3-14(4-6-16)17-15(11-19-20-17)12-21-9-10-23-18(13-21)7-2-8-18/h3-6,11H,2,7-10,12-13H2,1H3,(H,19,20). The van der Waals surface area contributed by atoms with Crippen molar-refractivity contribution in [2.24, 2.45) is 0 Å². The number of morpholine rings is 1. The quantitative estimate of drug-likeness (QED) is 0.943. The van der Waals surface area contributed by atoms with E-state index in [2.05, 4.69) is 27.2 Å². The average Bonchev–Trinajstić information content (AvgIpc) is 3.02. The first-order valence-electron chi connectivity index (χ1n) is 8.31. The minimum atomic E-state index is 0.141. The lowest BCUT2D eigenvalue weighted by Crippen LogP contribution is -2.55. The Morgan fingerprint density at radius 2 is 2.13 bits per heavy atom. The fourth-order valence-corrected chi connectivity index (χ4v) is 3.61. The molecule has 2 aliphatic rings. The Hall–Kier alpha value is -1.85. The fourth-order valence-electron chi connectivity index (χ4n) is 3.61. The Morgan fingerprint density at radius 3 is 2.83 bits per heavy atom. The number of aromatic nitrogens is 2. The van der Waals surface area contributed by atoms with Crippen molar-refractivity contribution >= 4 is 0 Å². The van der Waals surface area contributed by atoms with Crippen LogP contribution >= 0.6 is 0 Å². The van der Waals surface area contributed by atoms with Crippen LogP contribution in [0, 0.1) is 0 Å². The Bertz CT molecular complexity index is 661. The maximum absolute atomic E-state index is 6.01. The van der Waals surface area contributed by atoms with E-state index in [1.165, 1.54) is 24.8 Å². The van der Waals surface area contributed by atoms with Crippen molar-refractivity contribution in [2.45, 2.75) is 31.4 Å². The summed E-state index contributed by atoms with van der Waals surface area (Å²) in [4.78, 5) is 2.50. The highest BCUT2D eigenvalue weighted by Gasteiger charge is 2.41. The van der Waals surface area contributed by atoms with Crippen LogP contribution in [-0.2, 0) is 11.3 Å². The number of rotatable bonds is 4. The van der Waals surface area contributed by atoms with E-state index in [4.69, 9.17) is 9.47 Å². The minimum absolute atomic E-state index is 0.141. The number of H-pyrrole nitrogens is 1. The molecular formula is C18H23N3O2. The van der Waals surface area contributed by atoms with Gasteiger partial charge in [0.2, 0.25) is 0 Å². The highest BCUT2D eigenvalue weighted by molar-refractivity contribution is 5.63. The van der Waals surface area contributed by atoms with E-state index in [0.29, 0.717) is 0 Å². The number of aromatic amines is 1. The van der Waals surface area contributed by atoms with Gasteiger partial charge in [0.15, 0.2) is 0 Å². The molecule has 4 rings (SSSR count). The largest absolute Gasteiger partial charge is 0.497 e. The maximum Gasteiger partial charge on any atom is 0.118 e. The Labute approximate surface area is 136 Å². The predicted octanol–water partition coefficient (Wildman–Crippen LogP) is 2.84. The summed E-state index contributed by atoms with van der Waals surface area (Å²) in [5, 5.41) is 7.41. The molecule has 2 aromatic rings. The van der Waals surface area contributed by atoms with Crippen LogP contribution < -0.4 is 4.74 Å². The van der Waals surface area contributed by atoms with Crippen LogP contribution in [0.4, 0.5) is 0 Å². The van der Waals surface area contributed by atoms with Crippen molar-refractivity contribution < 1.29 is 9.47 Å². The molecule has 2 heterocycles. The van der Waals surface area contributed by atoms with Crippen molar-refractivity contribution in [3.05, 3.63) is 36.0 Å². The van der Waals surface area contributed by atoms with Gasteiger partial charge in [0.25, 0.3) is 0 Å². The van der Waals surface area contributed by atoms with Crippen molar-refractivity contribution in [1.82, 2.24) is 15.1 Å². The van der Waals surface area contributed by atoms with Gasteiger partial charge in [-0.2, -0.15) is 5.10 Å². The van der Waals surface area contributed by atoms with Crippen LogP contribution in [0.15, 0.2) is 30.5 Å². The molecule has 1 saturated carbocycles. The Kier molecular flexibility index (Phi) is 3.83. The predicted molar refractivity (Wildman–Crippen MR) is 88.4 cm³/mol. The zero-order valence-corrected chi connectivity index (χ0v) is 13.5. The summed E-state index contributed by atoms with van der Waals surface area (Å²) in [5.41, 5.74) is 3.63. The highest BCUT2D eigenvalue weighted by Crippen LogP contribution is 2.38. The van der Waals surface area contributed by atoms with Gasteiger partial charge in [-0.25, -0.2) is 0 Å². The zero-order chi connectivity index (χ0) is 15.7. The lowest BCUT2D eigenvalue weighted by atomic mass is 9.79. The number of benzene rings is 1. The Morgan fingerprint density at radius 1 is 1.30 bits per heavy atom. The first-order chi connectivity index (χ1) is 11.3. The molecule has 23 heavy (non-hydrogen) atoms. The molecule has 0 radical (unpaired) electrons. The second-order valence-electron chi connectivity index (χ2n) is 6.59. The number of hydrogen-bond donors (Lipinski definition) is 1. The second kappa shape index (κ2) is 5.98. The molecule has 122 valence electrons. The molecule has 1 aromatic heterocycles. The van der Waals surface area contributed by atoms with E-state index in [1.54, 1.807) is 7.11 Å². The second-order valence-corrected chi connectivity index (χ2v) is 6.59. The van der Waals surface area contributed by atoms with Crippen molar-refractivity contribution in [2.75, 3.05) is 26.8 Å². The van der Waals surface area contributed by atoms with Gasteiger partial charge < -0.3 is 9.47 Å². The van der Waals surface area contributed by atoms with Crippen molar-refractivity contribution in [1.29, 1.82) is 0 Å². The van der Waals surface area contributed by atoms with E-state index in [1.807, 2.05) is 18.3 Å². The van der Waals surface area contributed by atoms with Crippen LogP contribution in [-0.4, -0.2) is 47.5 Å². The summed E-state index contributed by atoms with van der Waals surface area (Å²) in [6.07, 6.45) is 5.67. The molecular weight excluding hydrogens is 290 g/mol. The smallest absolute Gasteiger partial charge is 0.118 e. The lowest BCUT2D eigenvalue weighted by Gasteiger charge is -2.48. The number of methoxy groups -OCH3 is 1. The van der Waals surface area contributed by atoms with Gasteiger partial charge >= 0.3 is 0 Å². The van der Waals surface area contributed by atoms with E-state index in [9.17, 15) is 0 Å². The fraction of sp³-hybridized carbons (Fsp3) is 0.500. The van der Waals surface area contributed by atoms with Crippen LogP contribution in [0.3, 0.4) is 0 Å². The topological polar surface area (TPSA) is 50.4 Å². The molecule has 5 heteroatoms. The van der Waals surface area contributed by atoms with Crippen LogP contribution in [0.2, 0.25) is 0 Å². The first kappa shape index (κ1) is 14.7. The third kappa shape index (κ3) is 2.86. The van der Waals surface area contributed by atoms with Gasteiger partial charge in [-0.1, -0.05) is 0 Å². The van der Waals surface area contributed by atoms with Gasteiger partial charge in [0, 0.05) is 30.8 Å². The SMILES string of the molecule is COc1ccc(-c2[nH]ncc2CN2CCOC3(CCC3)C2)cc1. The van der Waals surface area contributed by atoms with E-state index < -0.39 is 0 Å². The van der Waals surface area contributed by atoms with E-state index in [-0.39, 0.29) is 5.60 Å². The molecule has 0 atom stereocenters. The van der Waals surface area contributed by atoms with Gasteiger partial charge in [-0.3, -0.25) is 10.00 Å². The summed E-state index contributed by atoms with van der Waals surface area (Å²) in [5.74, 6) is 0.870. The average molecular weight is 313 g/mol. The maximum atomic E-state index is 6.01. The zero-order valence-electron chi connectivity index (χ0n) is 13.5. The number of nitrogens with zero attached hydrogens (tertiary/aromatic N) is 2. The summed E-state index contributed by atoms with van der Waals surface area (Å²) >= 11 is 0. The molecule has 1 N–H and O–H groups in total. The van der Waals surface area contributed by atoms with Crippen LogP contribution in [0.25, 0.3) is 11.3 Å². The van der Waals surface area contributed by atoms with Crippen molar-refractivity contribution in [3.63, 3.8) is 0 Å². The van der Waals surface area contributed by atoms with Gasteiger partial charge in [-0.15, -0.1) is 0 Å². The third-order valence-corrected chi connectivity index (χ3v) is 5.08. The number of ether oxygens (including phenoxy) is 2. The molecule has 0 unspecified atom stereocenters. The molecule has 0 bridgehead atoms. The van der Waals surface area contributed by atoms with Crippen molar-refractivity contribution in [3.8, 4) is 17.0 Å². The lowest BCUT2D eigenvalue weighted by molar-refractivity contribution is -0.152. The number of nitrogens with one attached hydrogen (secondary N) is 1. The molecule has 1 aromatic carbocycles. The normalized spacial score (nSPS) is 20.4. The molecule has 2 fully saturated rings. The summed E-state index contributed by atoms with van der Waals surface area (Å²) in [6.45, 7) is 3.80. The third-order valence-electron chi connectivity index (χ3n) is 5.08. The highest BCUT2D eigenvalue weighted by atomic mass is 16.5.